The van der Waals surface area contributed by atoms with E-state index in [0.717, 1.165) is 0 Å². The Morgan fingerprint density at radius 1 is 1.24 bits per heavy atom. The lowest BCUT2D eigenvalue weighted by Crippen LogP contribution is -2.41. The van der Waals surface area contributed by atoms with E-state index in [9.17, 15) is 9.18 Å². The third kappa shape index (κ3) is 2.70. The summed E-state index contributed by atoms with van der Waals surface area (Å²) in [6.45, 7) is 9.62. The fourth-order valence-corrected chi connectivity index (χ4v) is 2.19. The molecule has 6 heteroatoms. The zero-order valence-electron chi connectivity index (χ0n) is 13.0. The first-order chi connectivity index (χ1) is 9.73. The van der Waals surface area contributed by atoms with Gasteiger partial charge in [-0.15, -0.1) is 0 Å². The van der Waals surface area contributed by atoms with Gasteiger partial charge in [0.15, 0.2) is 11.6 Å². The summed E-state index contributed by atoms with van der Waals surface area (Å²) in [5.41, 5.74) is -0.537. The average molecular weight is 294 g/mol. The van der Waals surface area contributed by atoms with Crippen LogP contribution < -0.4 is 10.2 Å². The van der Waals surface area contributed by atoms with E-state index in [1.165, 1.54) is 12.1 Å². The molecule has 1 aliphatic heterocycles. The van der Waals surface area contributed by atoms with Crippen LogP contribution in [0.4, 0.5) is 4.39 Å². The van der Waals surface area contributed by atoms with Gasteiger partial charge in [0.1, 0.15) is 6.29 Å². The van der Waals surface area contributed by atoms with Crippen molar-refractivity contribution >= 4 is 18.9 Å². The van der Waals surface area contributed by atoms with Gasteiger partial charge in [0.2, 0.25) is 0 Å². The number of ether oxygens (including phenoxy) is 1. The molecule has 1 aromatic rings. The molecule has 1 aliphatic rings. The first-order valence-electron chi connectivity index (χ1n) is 6.99. The molecule has 0 saturated carbocycles. The molecule has 4 nitrogen and oxygen atoms in total. The van der Waals surface area contributed by atoms with E-state index in [-0.39, 0.29) is 12.4 Å². The third-order valence-corrected chi connectivity index (χ3v) is 4.09. The van der Waals surface area contributed by atoms with Gasteiger partial charge < -0.3 is 14.0 Å². The largest absolute Gasteiger partial charge is 0.499 e. The Labute approximate surface area is 124 Å². The van der Waals surface area contributed by atoms with Crippen LogP contribution in [-0.2, 0) is 9.31 Å². The number of hydrogen-bond donors (Lipinski definition) is 0. The maximum Gasteiger partial charge on any atom is 0.499 e. The Morgan fingerprint density at radius 3 is 2.29 bits per heavy atom. The number of benzene rings is 1. The van der Waals surface area contributed by atoms with E-state index in [4.69, 9.17) is 14.0 Å². The number of carbonyl (C=O) groups excluding carboxylic acids is 1. The van der Waals surface area contributed by atoms with Crippen LogP contribution in [0.5, 0.6) is 5.75 Å². The topological polar surface area (TPSA) is 44.8 Å². The highest BCUT2D eigenvalue weighted by molar-refractivity contribution is 6.64. The van der Waals surface area contributed by atoms with Crippen LogP contribution in [0, 0.1) is 5.82 Å². The number of halogens is 1. The summed E-state index contributed by atoms with van der Waals surface area (Å²) in [5, 5.41) is 0. The molecule has 0 N–H and O–H groups in total. The van der Waals surface area contributed by atoms with Gasteiger partial charge in [0.05, 0.1) is 17.8 Å². The highest BCUT2D eigenvalue weighted by Gasteiger charge is 2.53. The smallest absolute Gasteiger partial charge is 0.491 e. The summed E-state index contributed by atoms with van der Waals surface area (Å²) in [6, 6.07) is 2.62. The van der Waals surface area contributed by atoms with Gasteiger partial charge in [-0.3, -0.25) is 4.79 Å². The summed E-state index contributed by atoms with van der Waals surface area (Å²) in [7, 11) is -0.840. The van der Waals surface area contributed by atoms with Crippen LogP contribution in [0.1, 0.15) is 45.0 Å². The standard InChI is InChI=1S/C15H20BFO4/c1-6-19-13-11(17)8-7-10(9-18)12(13)16-20-14(2,3)15(4,5)21-16/h7-9H,6H2,1-5H3. The van der Waals surface area contributed by atoms with Gasteiger partial charge in [-0.1, -0.05) is 0 Å². The van der Waals surface area contributed by atoms with Crippen LogP contribution in [0.2, 0.25) is 0 Å². The van der Waals surface area contributed by atoms with Crippen molar-refractivity contribution in [3.63, 3.8) is 0 Å². The van der Waals surface area contributed by atoms with Crippen LogP contribution in [0.25, 0.3) is 0 Å². The van der Waals surface area contributed by atoms with Crippen LogP contribution in [0.3, 0.4) is 0 Å². The molecule has 1 saturated heterocycles. The van der Waals surface area contributed by atoms with Gasteiger partial charge >= 0.3 is 7.12 Å². The molecule has 0 bridgehead atoms. The molecule has 1 fully saturated rings. The Hall–Kier alpha value is -1.40. The molecule has 0 unspecified atom stereocenters. The lowest BCUT2D eigenvalue weighted by molar-refractivity contribution is 0.00578. The highest BCUT2D eigenvalue weighted by atomic mass is 19.1. The molecular formula is C15H20BFO4. The lowest BCUT2D eigenvalue weighted by atomic mass is 9.75. The van der Waals surface area contributed by atoms with Crippen molar-refractivity contribution in [2.24, 2.45) is 0 Å². The van der Waals surface area contributed by atoms with Crippen molar-refractivity contribution in [1.82, 2.24) is 0 Å². The Morgan fingerprint density at radius 2 is 1.81 bits per heavy atom. The van der Waals surface area contributed by atoms with Crippen LogP contribution >= 0.6 is 0 Å². The maximum absolute atomic E-state index is 14.0. The Kier molecular flexibility index (Phi) is 4.13. The van der Waals surface area contributed by atoms with Crippen molar-refractivity contribution in [3.05, 3.63) is 23.5 Å². The van der Waals surface area contributed by atoms with Gasteiger partial charge in [0.25, 0.3) is 0 Å². The van der Waals surface area contributed by atoms with Crippen molar-refractivity contribution in [2.45, 2.75) is 45.8 Å². The molecule has 2 rings (SSSR count). The van der Waals surface area contributed by atoms with Crippen molar-refractivity contribution in [2.75, 3.05) is 6.61 Å². The first-order valence-corrected chi connectivity index (χ1v) is 6.99. The SMILES string of the molecule is CCOc1c(F)ccc(C=O)c1B1OC(C)(C)C(C)(C)O1. The van der Waals surface area contributed by atoms with Gasteiger partial charge in [0, 0.05) is 11.0 Å². The Bertz CT molecular complexity index is 541. The van der Waals surface area contributed by atoms with E-state index >= 15 is 0 Å². The quantitative estimate of drug-likeness (QED) is 0.631. The highest BCUT2D eigenvalue weighted by Crippen LogP contribution is 2.37. The Balaban J connectivity index is 2.53. The van der Waals surface area contributed by atoms with Crippen molar-refractivity contribution in [3.8, 4) is 5.75 Å². The molecule has 0 spiro atoms. The number of hydrogen-bond acceptors (Lipinski definition) is 4. The zero-order valence-corrected chi connectivity index (χ0v) is 13.0. The van der Waals surface area contributed by atoms with Gasteiger partial charge in [-0.05, 0) is 46.8 Å². The predicted octanol–water partition coefficient (Wildman–Crippen LogP) is 2.34. The summed E-state index contributed by atoms with van der Waals surface area (Å²) >= 11 is 0. The zero-order chi connectivity index (χ0) is 15.8. The minimum Gasteiger partial charge on any atom is -0.491 e. The van der Waals surface area contributed by atoms with E-state index in [0.29, 0.717) is 17.3 Å². The lowest BCUT2D eigenvalue weighted by Gasteiger charge is -2.32. The minimum absolute atomic E-state index is 0.0144. The second-order valence-electron chi connectivity index (χ2n) is 6.02. The normalized spacial score (nSPS) is 19.6. The van der Waals surface area contributed by atoms with E-state index in [1.807, 2.05) is 27.7 Å². The second kappa shape index (κ2) is 5.42. The van der Waals surface area contributed by atoms with Crippen LogP contribution in [0.15, 0.2) is 12.1 Å². The first kappa shape index (κ1) is 16.0. The summed E-state index contributed by atoms with van der Waals surface area (Å²) in [4.78, 5) is 11.3. The maximum atomic E-state index is 14.0. The molecular weight excluding hydrogens is 274 g/mol. The molecule has 1 aromatic carbocycles. The number of aldehydes is 1. The summed E-state index contributed by atoms with van der Waals surface area (Å²) in [5.74, 6) is -0.521. The second-order valence-corrected chi connectivity index (χ2v) is 6.02. The third-order valence-electron chi connectivity index (χ3n) is 4.09. The van der Waals surface area contributed by atoms with E-state index in [2.05, 4.69) is 0 Å². The monoisotopic (exact) mass is 294 g/mol. The fourth-order valence-electron chi connectivity index (χ4n) is 2.19. The molecule has 0 atom stereocenters. The van der Waals surface area contributed by atoms with Crippen molar-refractivity contribution < 1.29 is 23.2 Å². The molecule has 0 radical (unpaired) electrons. The van der Waals surface area contributed by atoms with Crippen LogP contribution in [-0.4, -0.2) is 31.2 Å². The molecule has 21 heavy (non-hydrogen) atoms. The number of rotatable bonds is 4. The number of carbonyl (C=O) groups is 1. The molecule has 1 heterocycles. The van der Waals surface area contributed by atoms with E-state index < -0.39 is 24.1 Å². The molecule has 0 aliphatic carbocycles. The minimum atomic E-state index is -0.840. The van der Waals surface area contributed by atoms with Gasteiger partial charge in [-0.25, -0.2) is 4.39 Å². The fraction of sp³-hybridized carbons (Fsp3) is 0.533. The van der Waals surface area contributed by atoms with Crippen molar-refractivity contribution in [1.29, 1.82) is 0 Å². The predicted molar refractivity (Wildman–Crippen MR) is 78.7 cm³/mol. The average Bonchev–Trinajstić information content (AvgIpc) is 2.60. The summed E-state index contributed by atoms with van der Waals surface area (Å²) in [6.07, 6.45) is 0.655. The van der Waals surface area contributed by atoms with Gasteiger partial charge in [-0.2, -0.15) is 0 Å². The summed E-state index contributed by atoms with van der Waals surface area (Å²) < 4.78 is 31.2. The van der Waals surface area contributed by atoms with E-state index in [1.54, 1.807) is 6.92 Å². The molecule has 0 aromatic heterocycles. The molecule has 0 amide bonds. The molecule has 114 valence electrons.